The molecule has 18 heavy (non-hydrogen) atoms. The summed E-state index contributed by atoms with van der Waals surface area (Å²) in [7, 11) is 0. The van der Waals surface area contributed by atoms with Gasteiger partial charge in [0.25, 0.3) is 0 Å². The number of amides is 1. The van der Waals surface area contributed by atoms with Gasteiger partial charge < -0.3 is 10.4 Å². The Balaban J connectivity index is 2.51. The normalized spacial score (nSPS) is 28.1. The molecule has 0 aromatic heterocycles. The molecule has 1 aliphatic rings. The molecule has 1 fully saturated rings. The minimum Gasteiger partial charge on any atom is -0.481 e. The minimum absolute atomic E-state index is 0.0741. The van der Waals surface area contributed by atoms with Crippen LogP contribution >= 0.6 is 0 Å². The van der Waals surface area contributed by atoms with E-state index in [0.717, 1.165) is 12.8 Å². The molecule has 0 aromatic carbocycles. The van der Waals surface area contributed by atoms with E-state index in [9.17, 15) is 14.7 Å². The van der Waals surface area contributed by atoms with Gasteiger partial charge in [0.15, 0.2) is 0 Å². The summed E-state index contributed by atoms with van der Waals surface area (Å²) in [6, 6.07) is 0. The second kappa shape index (κ2) is 6.76. The molecule has 1 amide bonds. The van der Waals surface area contributed by atoms with Crippen LogP contribution in [0.4, 0.5) is 0 Å². The van der Waals surface area contributed by atoms with Crippen LogP contribution in [0.5, 0.6) is 0 Å². The minimum atomic E-state index is -0.828. The SMILES string of the molecule is CC(C)CCNC(=O)C1CCC(C)CC1C(=O)O. The van der Waals surface area contributed by atoms with Gasteiger partial charge in [0.05, 0.1) is 11.8 Å². The number of carbonyl (C=O) groups excluding carboxylic acids is 1. The van der Waals surface area contributed by atoms with Gasteiger partial charge in [-0.1, -0.05) is 20.8 Å². The molecule has 4 heteroatoms. The lowest BCUT2D eigenvalue weighted by atomic mass is 9.74. The fourth-order valence-electron chi connectivity index (χ4n) is 2.58. The Bertz CT molecular complexity index is 301. The highest BCUT2D eigenvalue weighted by Crippen LogP contribution is 2.34. The number of nitrogens with one attached hydrogen (secondary N) is 1. The van der Waals surface area contributed by atoms with Crippen molar-refractivity contribution < 1.29 is 14.7 Å². The Labute approximate surface area is 109 Å². The van der Waals surface area contributed by atoms with E-state index in [1.165, 1.54) is 0 Å². The first kappa shape index (κ1) is 15.0. The zero-order chi connectivity index (χ0) is 13.7. The lowest BCUT2D eigenvalue weighted by Gasteiger charge is -2.31. The Morgan fingerprint density at radius 3 is 2.50 bits per heavy atom. The van der Waals surface area contributed by atoms with Crippen molar-refractivity contribution in [3.63, 3.8) is 0 Å². The van der Waals surface area contributed by atoms with Gasteiger partial charge in [0.1, 0.15) is 0 Å². The Kier molecular flexibility index (Phi) is 5.63. The highest BCUT2D eigenvalue weighted by Gasteiger charge is 2.37. The molecule has 0 radical (unpaired) electrons. The lowest BCUT2D eigenvalue weighted by Crippen LogP contribution is -2.41. The smallest absolute Gasteiger partial charge is 0.307 e. The van der Waals surface area contributed by atoms with E-state index in [-0.39, 0.29) is 11.8 Å². The number of rotatable bonds is 5. The largest absolute Gasteiger partial charge is 0.481 e. The first-order chi connectivity index (χ1) is 8.41. The van der Waals surface area contributed by atoms with E-state index in [1.54, 1.807) is 0 Å². The molecule has 104 valence electrons. The fourth-order valence-corrected chi connectivity index (χ4v) is 2.58. The van der Waals surface area contributed by atoms with Crippen molar-refractivity contribution in [3.05, 3.63) is 0 Å². The maximum atomic E-state index is 12.0. The number of carbonyl (C=O) groups is 2. The van der Waals surface area contributed by atoms with Gasteiger partial charge in [0, 0.05) is 6.54 Å². The summed E-state index contributed by atoms with van der Waals surface area (Å²) in [4.78, 5) is 23.2. The number of hydrogen-bond donors (Lipinski definition) is 2. The molecule has 2 N–H and O–H groups in total. The Morgan fingerprint density at radius 1 is 1.28 bits per heavy atom. The van der Waals surface area contributed by atoms with Crippen LogP contribution in [0.25, 0.3) is 0 Å². The molecular formula is C14H25NO3. The zero-order valence-corrected chi connectivity index (χ0v) is 11.6. The average Bonchev–Trinajstić information content (AvgIpc) is 2.28. The second-order valence-corrected chi connectivity index (χ2v) is 5.94. The molecule has 0 bridgehead atoms. The highest BCUT2D eigenvalue weighted by atomic mass is 16.4. The van der Waals surface area contributed by atoms with Crippen molar-refractivity contribution in [3.8, 4) is 0 Å². The van der Waals surface area contributed by atoms with Crippen LogP contribution in [0.15, 0.2) is 0 Å². The average molecular weight is 255 g/mol. The summed E-state index contributed by atoms with van der Waals surface area (Å²) in [5.74, 6) is -0.795. The molecule has 1 saturated carbocycles. The number of carboxylic acids is 1. The Morgan fingerprint density at radius 2 is 1.94 bits per heavy atom. The van der Waals surface area contributed by atoms with Crippen LogP contribution in [0.2, 0.25) is 0 Å². The molecule has 0 heterocycles. The monoisotopic (exact) mass is 255 g/mol. The van der Waals surface area contributed by atoms with Crippen molar-refractivity contribution in [2.45, 2.75) is 46.5 Å². The third-order valence-corrected chi connectivity index (χ3v) is 3.79. The van der Waals surface area contributed by atoms with Gasteiger partial charge in [0.2, 0.25) is 5.91 Å². The second-order valence-electron chi connectivity index (χ2n) is 5.94. The summed E-state index contributed by atoms with van der Waals surface area (Å²) in [5.41, 5.74) is 0. The number of carboxylic acid groups (broad SMARTS) is 1. The van der Waals surface area contributed by atoms with Crippen LogP contribution in [-0.2, 0) is 9.59 Å². The molecule has 0 saturated heterocycles. The summed E-state index contributed by atoms with van der Waals surface area (Å²) in [6.07, 6.45) is 3.21. The maximum Gasteiger partial charge on any atom is 0.307 e. The highest BCUT2D eigenvalue weighted by molar-refractivity contribution is 5.84. The predicted molar refractivity (Wildman–Crippen MR) is 70.1 cm³/mol. The van der Waals surface area contributed by atoms with Crippen molar-refractivity contribution in [1.29, 1.82) is 0 Å². The number of aliphatic carboxylic acids is 1. The van der Waals surface area contributed by atoms with E-state index in [1.807, 2.05) is 0 Å². The first-order valence-corrected chi connectivity index (χ1v) is 6.92. The van der Waals surface area contributed by atoms with Gasteiger partial charge in [-0.3, -0.25) is 9.59 Å². The van der Waals surface area contributed by atoms with Crippen molar-refractivity contribution >= 4 is 11.9 Å². The predicted octanol–water partition coefficient (Wildman–Crippen LogP) is 2.29. The maximum absolute atomic E-state index is 12.0. The molecule has 0 aliphatic heterocycles. The molecule has 0 spiro atoms. The first-order valence-electron chi connectivity index (χ1n) is 6.92. The van der Waals surface area contributed by atoms with E-state index in [2.05, 4.69) is 26.1 Å². The third-order valence-electron chi connectivity index (χ3n) is 3.79. The quantitative estimate of drug-likeness (QED) is 0.792. The summed E-state index contributed by atoms with van der Waals surface area (Å²) in [5, 5.41) is 12.1. The van der Waals surface area contributed by atoms with Crippen LogP contribution in [0, 0.1) is 23.7 Å². The van der Waals surface area contributed by atoms with E-state index in [0.29, 0.717) is 31.2 Å². The topological polar surface area (TPSA) is 66.4 Å². The third kappa shape index (κ3) is 4.31. The number of hydrogen-bond acceptors (Lipinski definition) is 2. The lowest BCUT2D eigenvalue weighted by molar-refractivity contribution is -0.149. The van der Waals surface area contributed by atoms with Gasteiger partial charge in [-0.15, -0.1) is 0 Å². The van der Waals surface area contributed by atoms with Crippen molar-refractivity contribution in [1.82, 2.24) is 5.32 Å². The summed E-state index contributed by atoms with van der Waals surface area (Å²) in [6.45, 7) is 6.92. The molecule has 3 unspecified atom stereocenters. The van der Waals surface area contributed by atoms with E-state index in [4.69, 9.17) is 0 Å². The fraction of sp³-hybridized carbons (Fsp3) is 0.857. The van der Waals surface area contributed by atoms with Gasteiger partial charge in [-0.2, -0.15) is 0 Å². The molecule has 3 atom stereocenters. The van der Waals surface area contributed by atoms with Gasteiger partial charge in [-0.05, 0) is 37.5 Å². The summed E-state index contributed by atoms with van der Waals surface area (Å²) < 4.78 is 0. The van der Waals surface area contributed by atoms with E-state index < -0.39 is 11.9 Å². The van der Waals surface area contributed by atoms with E-state index >= 15 is 0 Å². The van der Waals surface area contributed by atoms with Crippen LogP contribution in [-0.4, -0.2) is 23.5 Å². The molecule has 1 aliphatic carbocycles. The van der Waals surface area contributed by atoms with Crippen molar-refractivity contribution in [2.24, 2.45) is 23.7 Å². The molecule has 1 rings (SSSR count). The van der Waals surface area contributed by atoms with Crippen molar-refractivity contribution in [2.75, 3.05) is 6.54 Å². The summed E-state index contributed by atoms with van der Waals surface area (Å²) >= 11 is 0. The zero-order valence-electron chi connectivity index (χ0n) is 11.6. The van der Waals surface area contributed by atoms with Crippen LogP contribution in [0.3, 0.4) is 0 Å². The molecule has 4 nitrogen and oxygen atoms in total. The molecular weight excluding hydrogens is 230 g/mol. The van der Waals surface area contributed by atoms with Gasteiger partial charge >= 0.3 is 5.97 Å². The molecule has 0 aromatic rings. The standard InChI is InChI=1S/C14H25NO3/c1-9(2)6-7-15-13(16)11-5-4-10(3)8-12(11)14(17)18/h9-12H,4-8H2,1-3H3,(H,15,16)(H,17,18). The van der Waals surface area contributed by atoms with Crippen LogP contribution < -0.4 is 5.32 Å². The van der Waals surface area contributed by atoms with Gasteiger partial charge in [-0.25, -0.2) is 0 Å². The Hall–Kier alpha value is -1.06. The van der Waals surface area contributed by atoms with Crippen LogP contribution in [0.1, 0.15) is 46.5 Å².